The van der Waals surface area contributed by atoms with Crippen molar-refractivity contribution >= 4 is 34.6 Å². The van der Waals surface area contributed by atoms with Gasteiger partial charge in [0.2, 0.25) is 5.95 Å². The van der Waals surface area contributed by atoms with E-state index in [2.05, 4.69) is 63.3 Å². The van der Waals surface area contributed by atoms with E-state index < -0.39 is 0 Å². The molecule has 0 unspecified atom stereocenters. The number of allylic oxidation sites excluding steroid dienone is 1. The Balaban J connectivity index is 1.27. The molecule has 226 valence electrons. The maximum atomic E-state index is 12.2. The van der Waals surface area contributed by atoms with Gasteiger partial charge >= 0.3 is 0 Å². The van der Waals surface area contributed by atoms with Crippen molar-refractivity contribution in [3.63, 3.8) is 0 Å². The van der Waals surface area contributed by atoms with Crippen LogP contribution in [-0.2, 0) is 11.2 Å². The Kier molecular flexibility index (Phi) is 9.13. The molecule has 4 aromatic carbocycles. The first kappa shape index (κ1) is 29.6. The Labute approximate surface area is 264 Å². The Bertz CT molecular complexity index is 1750. The lowest BCUT2D eigenvalue weighted by Gasteiger charge is -2.34. The molecule has 8 heteroatoms. The van der Waals surface area contributed by atoms with Crippen LogP contribution in [0, 0.1) is 0 Å². The molecule has 0 aliphatic carbocycles. The highest BCUT2D eigenvalue weighted by atomic mass is 16.5. The van der Waals surface area contributed by atoms with Crippen LogP contribution in [0.4, 0.5) is 28.8 Å². The highest BCUT2D eigenvalue weighted by molar-refractivity contribution is 5.92. The molecular weight excluding hydrogens is 560 g/mol. The zero-order valence-corrected chi connectivity index (χ0v) is 25.3. The summed E-state index contributed by atoms with van der Waals surface area (Å²) in [5.41, 5.74) is 5.47. The summed E-state index contributed by atoms with van der Waals surface area (Å²) in [6.45, 7) is 7.78. The third-order valence-corrected chi connectivity index (χ3v) is 7.79. The molecule has 8 nitrogen and oxygen atoms in total. The zero-order valence-electron chi connectivity index (χ0n) is 25.3. The molecule has 0 amide bonds. The number of ketones is 1. The van der Waals surface area contributed by atoms with Crippen LogP contribution < -0.4 is 20.3 Å². The van der Waals surface area contributed by atoms with Gasteiger partial charge in [0.1, 0.15) is 17.3 Å². The van der Waals surface area contributed by atoms with Crippen LogP contribution >= 0.6 is 0 Å². The number of hydrogen-bond acceptors (Lipinski definition) is 8. The molecule has 0 spiro atoms. The number of hydrogen-bond donors (Lipinski definition) is 2. The lowest BCUT2D eigenvalue weighted by molar-refractivity contribution is -0.114. The van der Waals surface area contributed by atoms with Gasteiger partial charge in [0.15, 0.2) is 5.78 Å². The lowest BCUT2D eigenvalue weighted by Crippen LogP contribution is -2.44. The first-order valence-corrected chi connectivity index (χ1v) is 15.1. The summed E-state index contributed by atoms with van der Waals surface area (Å²) in [7, 11) is 2.16. The summed E-state index contributed by atoms with van der Waals surface area (Å²) in [6, 6.07) is 33.6. The number of carbonyl (C=O) groups excluding carboxylic acids is 1. The minimum absolute atomic E-state index is 0.0523. The molecule has 0 radical (unpaired) electrons. The smallest absolute Gasteiger partial charge is 0.229 e. The standard InChI is InChI=1S/C37H36N6O2/c1-3-31(44)25-28-9-7-8-12-35(28)40-36-34(27-13-19-33(20-14-27)45-32-10-5-4-6-11-32)26-38-37(41-36)39-29-15-17-30(18-16-29)43-23-21-42(2)22-24-43/h3-20,26H,1,21-25H2,2H3,(H2,38,39,40,41). The van der Waals surface area contributed by atoms with Crippen LogP contribution in [-0.4, -0.2) is 53.9 Å². The van der Waals surface area contributed by atoms with Crippen molar-refractivity contribution in [3.05, 3.63) is 128 Å². The third kappa shape index (κ3) is 7.55. The van der Waals surface area contributed by atoms with Gasteiger partial charge in [-0.1, -0.05) is 55.1 Å². The Morgan fingerprint density at radius 1 is 0.844 bits per heavy atom. The second-order valence-corrected chi connectivity index (χ2v) is 11.0. The molecule has 1 aromatic heterocycles. The predicted octanol–water partition coefficient (Wildman–Crippen LogP) is 7.47. The van der Waals surface area contributed by atoms with E-state index >= 15 is 0 Å². The minimum atomic E-state index is -0.0523. The Morgan fingerprint density at radius 3 is 2.27 bits per heavy atom. The van der Waals surface area contributed by atoms with Crippen molar-refractivity contribution < 1.29 is 9.53 Å². The highest BCUT2D eigenvalue weighted by Gasteiger charge is 2.16. The van der Waals surface area contributed by atoms with Gasteiger partial charge in [-0.2, -0.15) is 4.98 Å². The number of ether oxygens (including phenoxy) is 1. The lowest BCUT2D eigenvalue weighted by atomic mass is 10.1. The summed E-state index contributed by atoms with van der Waals surface area (Å²) in [5.74, 6) is 2.51. The number of rotatable bonds is 11. The zero-order chi connectivity index (χ0) is 31.0. The average molecular weight is 597 g/mol. The molecule has 0 bridgehead atoms. The topological polar surface area (TPSA) is 82.6 Å². The van der Waals surface area contributed by atoms with E-state index in [9.17, 15) is 4.79 Å². The third-order valence-electron chi connectivity index (χ3n) is 7.79. The molecule has 45 heavy (non-hydrogen) atoms. The SMILES string of the molecule is C=CC(=O)Cc1ccccc1Nc1nc(Nc2ccc(N3CCN(C)CC3)cc2)ncc1-c1ccc(Oc2ccccc2)cc1. The van der Waals surface area contributed by atoms with Gasteiger partial charge < -0.3 is 25.2 Å². The first-order chi connectivity index (χ1) is 22.0. The predicted molar refractivity (Wildman–Crippen MR) is 182 cm³/mol. The second kappa shape index (κ2) is 13.9. The Morgan fingerprint density at radius 2 is 1.53 bits per heavy atom. The monoisotopic (exact) mass is 596 g/mol. The van der Waals surface area contributed by atoms with Gasteiger partial charge in [0.05, 0.1) is 0 Å². The molecule has 2 N–H and O–H groups in total. The fourth-order valence-electron chi connectivity index (χ4n) is 5.21. The number of nitrogens with one attached hydrogen (secondary N) is 2. The number of para-hydroxylation sites is 2. The van der Waals surface area contributed by atoms with Crippen LogP contribution in [0.1, 0.15) is 5.56 Å². The molecule has 5 aromatic rings. The summed E-state index contributed by atoms with van der Waals surface area (Å²) < 4.78 is 5.99. The second-order valence-electron chi connectivity index (χ2n) is 11.0. The van der Waals surface area contributed by atoms with Gasteiger partial charge in [0.25, 0.3) is 0 Å². The number of carbonyl (C=O) groups is 1. The van der Waals surface area contributed by atoms with Crippen LogP contribution in [0.5, 0.6) is 11.5 Å². The number of benzene rings is 4. The van der Waals surface area contributed by atoms with E-state index in [1.54, 1.807) is 6.20 Å². The first-order valence-electron chi connectivity index (χ1n) is 15.1. The van der Waals surface area contributed by atoms with Crippen molar-refractivity contribution in [1.29, 1.82) is 0 Å². The van der Waals surface area contributed by atoms with Gasteiger partial charge in [-0.15, -0.1) is 0 Å². The van der Waals surface area contributed by atoms with E-state index in [0.717, 1.165) is 65.7 Å². The van der Waals surface area contributed by atoms with Crippen LogP contribution in [0.15, 0.2) is 122 Å². The molecular formula is C37H36N6O2. The van der Waals surface area contributed by atoms with E-state index in [0.29, 0.717) is 11.8 Å². The summed E-state index contributed by atoms with van der Waals surface area (Å²) in [6.07, 6.45) is 3.40. The maximum Gasteiger partial charge on any atom is 0.229 e. The average Bonchev–Trinajstić information content (AvgIpc) is 3.07. The fourth-order valence-corrected chi connectivity index (χ4v) is 5.21. The number of anilines is 5. The van der Waals surface area contributed by atoms with Crippen molar-refractivity contribution in [1.82, 2.24) is 14.9 Å². The van der Waals surface area contributed by atoms with E-state index in [-0.39, 0.29) is 12.2 Å². The molecule has 6 rings (SSSR count). The van der Waals surface area contributed by atoms with Gasteiger partial charge in [-0.3, -0.25) is 4.79 Å². The van der Waals surface area contributed by atoms with Crippen molar-refractivity contribution in [2.45, 2.75) is 6.42 Å². The number of piperazine rings is 1. The summed E-state index contributed by atoms with van der Waals surface area (Å²) in [4.78, 5) is 26.6. The molecule has 1 saturated heterocycles. The maximum absolute atomic E-state index is 12.2. The van der Waals surface area contributed by atoms with Crippen molar-refractivity contribution in [3.8, 4) is 22.6 Å². The largest absolute Gasteiger partial charge is 0.457 e. The highest BCUT2D eigenvalue weighted by Crippen LogP contribution is 2.33. The van der Waals surface area contributed by atoms with Gasteiger partial charge in [-0.25, -0.2) is 4.98 Å². The van der Waals surface area contributed by atoms with Crippen LogP contribution in [0.2, 0.25) is 0 Å². The molecule has 0 saturated carbocycles. The Hall–Kier alpha value is -5.47. The number of likely N-dealkylation sites (N-methyl/N-ethyl adjacent to an activating group) is 1. The van der Waals surface area contributed by atoms with E-state index in [1.165, 1.54) is 11.8 Å². The van der Waals surface area contributed by atoms with Crippen LogP contribution in [0.3, 0.4) is 0 Å². The van der Waals surface area contributed by atoms with E-state index in [1.807, 2.05) is 78.9 Å². The fraction of sp³-hybridized carbons (Fsp3) is 0.162. The molecule has 1 fully saturated rings. The van der Waals surface area contributed by atoms with Crippen LogP contribution in [0.25, 0.3) is 11.1 Å². The molecule has 1 aliphatic heterocycles. The van der Waals surface area contributed by atoms with E-state index in [4.69, 9.17) is 9.72 Å². The van der Waals surface area contributed by atoms with Gasteiger partial charge in [-0.05, 0) is 78.8 Å². The molecule has 2 heterocycles. The summed E-state index contributed by atoms with van der Waals surface area (Å²) >= 11 is 0. The quantitative estimate of drug-likeness (QED) is 0.152. The van der Waals surface area contributed by atoms with Gasteiger partial charge in [0, 0.05) is 61.4 Å². The molecule has 1 aliphatic rings. The summed E-state index contributed by atoms with van der Waals surface area (Å²) in [5, 5.41) is 6.85. The normalized spacial score (nSPS) is 13.2. The van der Waals surface area contributed by atoms with Crippen molar-refractivity contribution in [2.75, 3.05) is 48.8 Å². The minimum Gasteiger partial charge on any atom is -0.457 e. The number of nitrogens with zero attached hydrogens (tertiary/aromatic N) is 4. The molecule has 0 atom stereocenters. The van der Waals surface area contributed by atoms with Crippen molar-refractivity contribution in [2.24, 2.45) is 0 Å². The number of aromatic nitrogens is 2.